The minimum atomic E-state index is -0.226. The molecule has 1 aromatic carbocycles. The van der Waals surface area contributed by atoms with Gasteiger partial charge in [-0.05, 0) is 12.1 Å². The van der Waals surface area contributed by atoms with Gasteiger partial charge in [0.1, 0.15) is 5.82 Å². The van der Waals surface area contributed by atoms with E-state index < -0.39 is 0 Å². The van der Waals surface area contributed by atoms with E-state index in [9.17, 15) is 9.18 Å². The molecule has 0 atom stereocenters. The zero-order valence-electron chi connectivity index (χ0n) is 13.3. The first kappa shape index (κ1) is 15.0. The molecule has 3 heterocycles. The van der Waals surface area contributed by atoms with Gasteiger partial charge in [0.05, 0.1) is 12.3 Å². The number of rotatable bonds is 2. The van der Waals surface area contributed by atoms with Crippen molar-refractivity contribution in [2.24, 2.45) is 0 Å². The van der Waals surface area contributed by atoms with Gasteiger partial charge < -0.3 is 14.5 Å². The molecule has 0 aliphatic carbocycles. The second-order valence-corrected chi connectivity index (χ2v) is 6.02. The van der Waals surface area contributed by atoms with Crippen LogP contribution in [0.4, 0.5) is 10.1 Å². The molecular weight excluding hydrogens is 311 g/mol. The molecule has 0 N–H and O–H groups in total. The molecule has 2 aliphatic heterocycles. The maximum atomic E-state index is 13.9. The zero-order valence-corrected chi connectivity index (χ0v) is 13.3. The summed E-state index contributed by atoms with van der Waals surface area (Å²) >= 11 is 0. The molecule has 2 aromatic rings. The van der Waals surface area contributed by atoms with E-state index in [1.54, 1.807) is 27.8 Å². The van der Waals surface area contributed by atoms with Crippen LogP contribution in [0.1, 0.15) is 16.9 Å². The molecule has 0 unspecified atom stereocenters. The first-order valence-corrected chi connectivity index (χ1v) is 8.22. The molecule has 1 aromatic heterocycles. The van der Waals surface area contributed by atoms with Gasteiger partial charge in [0.25, 0.3) is 5.91 Å². The summed E-state index contributed by atoms with van der Waals surface area (Å²) in [6.07, 6.45) is 0.906. The van der Waals surface area contributed by atoms with Crippen LogP contribution in [0.2, 0.25) is 0 Å². The number of benzene rings is 1. The van der Waals surface area contributed by atoms with Crippen LogP contribution in [0.3, 0.4) is 0 Å². The van der Waals surface area contributed by atoms with Crippen molar-refractivity contribution in [1.82, 2.24) is 14.7 Å². The Morgan fingerprint density at radius 1 is 1.12 bits per heavy atom. The van der Waals surface area contributed by atoms with E-state index in [2.05, 4.69) is 5.10 Å². The number of para-hydroxylation sites is 1. The molecule has 1 fully saturated rings. The Labute approximate surface area is 139 Å². The van der Waals surface area contributed by atoms with Crippen molar-refractivity contribution >= 4 is 11.6 Å². The molecule has 1 saturated heterocycles. The molecule has 24 heavy (non-hydrogen) atoms. The molecule has 126 valence electrons. The largest absolute Gasteiger partial charge is 0.478 e. The summed E-state index contributed by atoms with van der Waals surface area (Å²) in [5.41, 5.74) is 1.02. The maximum Gasteiger partial charge on any atom is 0.274 e. The predicted octanol–water partition coefficient (Wildman–Crippen LogP) is 1.77. The minimum absolute atomic E-state index is 0.0892. The normalized spacial score (nSPS) is 17.4. The fourth-order valence-electron chi connectivity index (χ4n) is 3.19. The Morgan fingerprint density at radius 2 is 1.92 bits per heavy atom. The Balaban J connectivity index is 1.43. The fourth-order valence-corrected chi connectivity index (χ4v) is 3.19. The van der Waals surface area contributed by atoms with E-state index >= 15 is 0 Å². The molecular formula is C17H19FN4O2. The number of nitrogens with zero attached hydrogens (tertiary/aromatic N) is 4. The average Bonchev–Trinajstić information content (AvgIpc) is 3.06. The Morgan fingerprint density at radius 3 is 2.67 bits per heavy atom. The highest BCUT2D eigenvalue weighted by molar-refractivity contribution is 5.92. The molecule has 2 aliphatic rings. The second-order valence-electron chi connectivity index (χ2n) is 6.02. The van der Waals surface area contributed by atoms with Crippen LogP contribution in [0, 0.1) is 5.82 Å². The van der Waals surface area contributed by atoms with Crippen molar-refractivity contribution in [3.05, 3.63) is 41.8 Å². The van der Waals surface area contributed by atoms with Crippen molar-refractivity contribution in [2.45, 2.75) is 13.0 Å². The topological polar surface area (TPSA) is 50.6 Å². The number of hydrogen-bond donors (Lipinski definition) is 0. The van der Waals surface area contributed by atoms with Gasteiger partial charge in [-0.25, -0.2) is 9.07 Å². The predicted molar refractivity (Wildman–Crippen MR) is 86.9 cm³/mol. The summed E-state index contributed by atoms with van der Waals surface area (Å²) in [6, 6.07) is 8.45. The van der Waals surface area contributed by atoms with Crippen LogP contribution < -0.4 is 9.64 Å². The van der Waals surface area contributed by atoms with Crippen LogP contribution in [-0.4, -0.2) is 53.4 Å². The number of carbonyl (C=O) groups is 1. The lowest BCUT2D eigenvalue weighted by molar-refractivity contribution is 0.0739. The van der Waals surface area contributed by atoms with Crippen LogP contribution in [0.5, 0.6) is 5.88 Å². The number of piperazine rings is 1. The van der Waals surface area contributed by atoms with Gasteiger partial charge in [0, 0.05) is 45.2 Å². The third-order valence-electron chi connectivity index (χ3n) is 4.49. The Bertz CT molecular complexity index is 729. The van der Waals surface area contributed by atoms with Crippen molar-refractivity contribution in [1.29, 1.82) is 0 Å². The highest BCUT2D eigenvalue weighted by Gasteiger charge is 2.26. The van der Waals surface area contributed by atoms with Crippen LogP contribution in [0.25, 0.3) is 0 Å². The number of aryl methyl sites for hydroxylation is 1. The summed E-state index contributed by atoms with van der Waals surface area (Å²) < 4.78 is 21.1. The number of carbonyl (C=O) groups excluding carboxylic acids is 1. The summed E-state index contributed by atoms with van der Waals surface area (Å²) in [6.45, 7) is 3.77. The van der Waals surface area contributed by atoms with Crippen LogP contribution in [-0.2, 0) is 6.54 Å². The standard InChI is InChI=1S/C17H19FN4O2/c18-13-4-1-2-5-15(13)20-7-9-21(10-8-20)17(23)14-12-16-22(19-14)6-3-11-24-16/h1-2,4-5,12H,3,6-11H2. The van der Waals surface area contributed by atoms with E-state index in [-0.39, 0.29) is 11.7 Å². The van der Waals surface area contributed by atoms with E-state index in [0.717, 1.165) is 13.0 Å². The van der Waals surface area contributed by atoms with Crippen LogP contribution in [0.15, 0.2) is 30.3 Å². The molecule has 0 bridgehead atoms. The molecule has 7 heteroatoms. The highest BCUT2D eigenvalue weighted by Crippen LogP contribution is 2.22. The molecule has 0 spiro atoms. The number of hydrogen-bond acceptors (Lipinski definition) is 4. The third kappa shape index (κ3) is 2.70. The maximum absolute atomic E-state index is 13.9. The number of amides is 1. The van der Waals surface area contributed by atoms with E-state index in [4.69, 9.17) is 4.74 Å². The van der Waals surface area contributed by atoms with Gasteiger partial charge in [-0.15, -0.1) is 0 Å². The lowest BCUT2D eigenvalue weighted by Gasteiger charge is -2.35. The van der Waals surface area contributed by atoms with Gasteiger partial charge in [-0.2, -0.15) is 5.10 Å². The fraction of sp³-hybridized carbons (Fsp3) is 0.412. The minimum Gasteiger partial charge on any atom is -0.478 e. The highest BCUT2D eigenvalue weighted by atomic mass is 19.1. The van der Waals surface area contributed by atoms with Gasteiger partial charge in [0.15, 0.2) is 5.69 Å². The lowest BCUT2D eigenvalue weighted by Crippen LogP contribution is -2.49. The first-order chi connectivity index (χ1) is 11.7. The summed E-state index contributed by atoms with van der Waals surface area (Å²) in [7, 11) is 0. The molecule has 4 rings (SSSR count). The van der Waals surface area contributed by atoms with Crippen molar-refractivity contribution in [2.75, 3.05) is 37.7 Å². The van der Waals surface area contributed by atoms with E-state index in [0.29, 0.717) is 50.0 Å². The van der Waals surface area contributed by atoms with Gasteiger partial charge in [-0.3, -0.25) is 4.79 Å². The van der Waals surface area contributed by atoms with Crippen molar-refractivity contribution in [3.63, 3.8) is 0 Å². The third-order valence-corrected chi connectivity index (χ3v) is 4.49. The molecule has 0 saturated carbocycles. The van der Waals surface area contributed by atoms with Gasteiger partial charge in [-0.1, -0.05) is 12.1 Å². The lowest BCUT2D eigenvalue weighted by atomic mass is 10.2. The average molecular weight is 330 g/mol. The number of ether oxygens (including phenoxy) is 1. The molecule has 0 radical (unpaired) electrons. The Kier molecular flexibility index (Phi) is 3.84. The molecule has 6 nitrogen and oxygen atoms in total. The molecule has 1 amide bonds. The van der Waals surface area contributed by atoms with E-state index in [1.807, 2.05) is 11.0 Å². The number of halogens is 1. The summed E-state index contributed by atoms with van der Waals surface area (Å²) in [5.74, 6) is 0.347. The van der Waals surface area contributed by atoms with Crippen molar-refractivity contribution < 1.29 is 13.9 Å². The SMILES string of the molecule is O=C(c1cc2n(n1)CCCO2)N1CCN(c2ccccc2F)CC1. The van der Waals surface area contributed by atoms with Gasteiger partial charge in [0.2, 0.25) is 5.88 Å². The second kappa shape index (κ2) is 6.14. The quantitative estimate of drug-likeness (QED) is 0.842. The van der Waals surface area contributed by atoms with Crippen molar-refractivity contribution in [3.8, 4) is 5.88 Å². The number of fused-ring (bicyclic) bond motifs is 1. The number of aromatic nitrogens is 2. The van der Waals surface area contributed by atoms with E-state index in [1.165, 1.54) is 6.07 Å². The van der Waals surface area contributed by atoms with Crippen LogP contribution >= 0.6 is 0 Å². The Hall–Kier alpha value is -2.57. The monoisotopic (exact) mass is 330 g/mol. The smallest absolute Gasteiger partial charge is 0.274 e. The number of anilines is 1. The first-order valence-electron chi connectivity index (χ1n) is 8.22. The zero-order chi connectivity index (χ0) is 16.5. The summed E-state index contributed by atoms with van der Waals surface area (Å²) in [5, 5.41) is 4.34. The summed E-state index contributed by atoms with van der Waals surface area (Å²) in [4.78, 5) is 16.4. The van der Waals surface area contributed by atoms with Gasteiger partial charge >= 0.3 is 0 Å².